The molecule has 3 aromatic carbocycles. The molecule has 0 radical (unpaired) electrons. The topological polar surface area (TPSA) is 114 Å². The lowest BCUT2D eigenvalue weighted by atomic mass is 10.1. The van der Waals surface area contributed by atoms with Gasteiger partial charge >= 0.3 is 0 Å². The van der Waals surface area contributed by atoms with Crippen LogP contribution in [0.4, 0.5) is 0 Å². The van der Waals surface area contributed by atoms with Crippen molar-refractivity contribution in [2.24, 2.45) is 0 Å². The van der Waals surface area contributed by atoms with Crippen LogP contribution >= 0.6 is 0 Å². The highest BCUT2D eigenvalue weighted by molar-refractivity contribution is 7.91. The first kappa shape index (κ1) is 33.9. The number of rotatable bonds is 14. The van der Waals surface area contributed by atoms with Gasteiger partial charge in [0.2, 0.25) is 32.6 Å². The molecule has 1 fully saturated rings. The van der Waals surface area contributed by atoms with Crippen LogP contribution in [0, 0.1) is 0 Å². The van der Waals surface area contributed by atoms with Gasteiger partial charge in [0.25, 0.3) is 0 Å². The third-order valence-corrected chi connectivity index (χ3v) is 12.1. The van der Waals surface area contributed by atoms with E-state index in [9.17, 15) is 21.6 Å². The SMILES string of the molecule is CCCN(CCCCN1CCCN(S(=O)(=O)c2ccccc2)CC1=O)C(C)Cc1cccc(S(=O)(=O)c2ccc3c(c2)OCO3)c1. The molecule has 0 aliphatic carbocycles. The van der Waals surface area contributed by atoms with E-state index in [0.29, 0.717) is 44.0 Å². The van der Waals surface area contributed by atoms with E-state index >= 15 is 0 Å². The Bertz CT molecular complexity index is 1720. The predicted octanol–water partition coefficient (Wildman–Crippen LogP) is 4.59. The molecule has 0 bridgehead atoms. The summed E-state index contributed by atoms with van der Waals surface area (Å²) in [5.74, 6) is 0.808. The van der Waals surface area contributed by atoms with Gasteiger partial charge in [-0.3, -0.25) is 4.79 Å². The molecule has 3 aromatic rings. The fourth-order valence-corrected chi connectivity index (χ4v) is 8.82. The average Bonchev–Trinajstić information content (AvgIpc) is 3.45. The molecule has 1 saturated heterocycles. The Morgan fingerprint density at radius 2 is 1.57 bits per heavy atom. The maximum absolute atomic E-state index is 13.4. The fourth-order valence-electron chi connectivity index (χ4n) is 6.02. The summed E-state index contributed by atoms with van der Waals surface area (Å²) in [6, 6.07) is 20.3. The summed E-state index contributed by atoms with van der Waals surface area (Å²) < 4.78 is 65.0. The molecule has 0 aromatic heterocycles. The number of hydrogen-bond acceptors (Lipinski definition) is 8. The number of sulfonamides is 1. The van der Waals surface area contributed by atoms with Gasteiger partial charge in [-0.15, -0.1) is 0 Å². The van der Waals surface area contributed by atoms with Gasteiger partial charge in [-0.2, -0.15) is 4.31 Å². The maximum atomic E-state index is 13.4. The number of ether oxygens (including phenoxy) is 2. The summed E-state index contributed by atoms with van der Waals surface area (Å²) in [6.45, 7) is 7.45. The van der Waals surface area contributed by atoms with Crippen molar-refractivity contribution in [3.8, 4) is 11.5 Å². The Hall–Kier alpha value is -3.45. The van der Waals surface area contributed by atoms with Gasteiger partial charge in [-0.1, -0.05) is 37.3 Å². The minimum Gasteiger partial charge on any atom is -0.454 e. The molecule has 0 spiro atoms. The van der Waals surface area contributed by atoms with Crippen molar-refractivity contribution in [1.82, 2.24) is 14.1 Å². The number of sulfone groups is 1. The van der Waals surface area contributed by atoms with Crippen molar-refractivity contribution in [1.29, 1.82) is 0 Å². The van der Waals surface area contributed by atoms with E-state index in [1.807, 2.05) is 6.07 Å². The highest BCUT2D eigenvalue weighted by atomic mass is 32.2. The minimum atomic E-state index is -3.73. The number of carbonyl (C=O) groups is 1. The van der Waals surface area contributed by atoms with E-state index in [1.165, 1.54) is 10.4 Å². The van der Waals surface area contributed by atoms with Crippen LogP contribution in [0.2, 0.25) is 0 Å². The van der Waals surface area contributed by atoms with E-state index in [1.54, 1.807) is 65.6 Å². The molecule has 0 N–H and O–H groups in total. The molecular formula is C34H43N3O7S2. The van der Waals surface area contributed by atoms with Crippen molar-refractivity contribution in [3.63, 3.8) is 0 Å². The number of fused-ring (bicyclic) bond motifs is 1. The van der Waals surface area contributed by atoms with E-state index in [4.69, 9.17) is 9.47 Å². The van der Waals surface area contributed by atoms with Gasteiger partial charge in [0.05, 0.1) is 21.2 Å². The van der Waals surface area contributed by atoms with Crippen LogP contribution in [-0.2, 0) is 31.1 Å². The third-order valence-electron chi connectivity index (χ3n) is 8.53. The summed E-state index contributed by atoms with van der Waals surface area (Å²) in [5.41, 5.74) is 0.945. The van der Waals surface area contributed by atoms with E-state index in [-0.39, 0.29) is 40.0 Å². The molecule has 1 unspecified atom stereocenters. The number of benzene rings is 3. The van der Waals surface area contributed by atoms with Crippen molar-refractivity contribution in [3.05, 3.63) is 78.4 Å². The molecule has 1 amide bonds. The second-order valence-electron chi connectivity index (χ2n) is 11.8. The van der Waals surface area contributed by atoms with Crippen molar-refractivity contribution in [2.45, 2.75) is 66.7 Å². The van der Waals surface area contributed by atoms with Gasteiger partial charge in [0, 0.05) is 31.7 Å². The van der Waals surface area contributed by atoms with E-state index in [2.05, 4.69) is 18.7 Å². The average molecular weight is 670 g/mol. The summed E-state index contributed by atoms with van der Waals surface area (Å²) >= 11 is 0. The smallest absolute Gasteiger partial charge is 0.243 e. The summed E-state index contributed by atoms with van der Waals surface area (Å²) in [7, 11) is -7.44. The Labute approximate surface area is 272 Å². The second-order valence-corrected chi connectivity index (χ2v) is 15.7. The van der Waals surface area contributed by atoms with Gasteiger partial charge in [-0.05, 0) is 94.1 Å². The molecule has 0 saturated carbocycles. The third kappa shape index (κ3) is 7.91. The molecular weight excluding hydrogens is 627 g/mol. The Balaban J connectivity index is 1.14. The lowest BCUT2D eigenvalue weighted by molar-refractivity contribution is -0.130. The zero-order valence-electron chi connectivity index (χ0n) is 26.5. The Morgan fingerprint density at radius 3 is 2.35 bits per heavy atom. The first-order chi connectivity index (χ1) is 22.1. The fraction of sp³-hybridized carbons (Fsp3) is 0.441. The van der Waals surface area contributed by atoms with Crippen molar-refractivity contribution in [2.75, 3.05) is 46.1 Å². The number of carbonyl (C=O) groups excluding carboxylic acids is 1. The summed E-state index contributed by atoms with van der Waals surface area (Å²) in [6.07, 6.45) is 3.98. The first-order valence-electron chi connectivity index (χ1n) is 15.9. The summed E-state index contributed by atoms with van der Waals surface area (Å²) in [5, 5.41) is 0. The van der Waals surface area contributed by atoms with Gasteiger partial charge in [0.1, 0.15) is 0 Å². The van der Waals surface area contributed by atoms with Crippen LogP contribution < -0.4 is 9.47 Å². The molecule has 2 aliphatic rings. The summed E-state index contributed by atoms with van der Waals surface area (Å²) in [4.78, 5) is 17.9. The maximum Gasteiger partial charge on any atom is 0.243 e. The molecule has 2 aliphatic heterocycles. The van der Waals surface area contributed by atoms with Crippen molar-refractivity contribution < 1.29 is 31.1 Å². The van der Waals surface area contributed by atoms with Crippen LogP contribution in [-0.4, -0.2) is 89.0 Å². The van der Waals surface area contributed by atoms with E-state index in [0.717, 1.165) is 37.9 Å². The Kier molecular flexibility index (Phi) is 11.0. The van der Waals surface area contributed by atoms with Gasteiger partial charge in [0.15, 0.2) is 11.5 Å². The van der Waals surface area contributed by atoms with Crippen LogP contribution in [0.1, 0.15) is 45.1 Å². The number of amides is 1. The number of hydrogen-bond donors (Lipinski definition) is 0. The lowest BCUT2D eigenvalue weighted by Crippen LogP contribution is -2.40. The number of nitrogens with zero attached hydrogens (tertiary/aromatic N) is 3. The largest absolute Gasteiger partial charge is 0.454 e. The minimum absolute atomic E-state index is 0.0806. The zero-order chi connectivity index (χ0) is 32.7. The quantitative estimate of drug-likeness (QED) is 0.229. The van der Waals surface area contributed by atoms with Crippen LogP contribution in [0.25, 0.3) is 0 Å². The standard InChI is InChI=1S/C34H43N3O7S2/c1-3-17-35(18-7-8-19-36-20-10-21-37(25-34(36)38)46(41,42)29-12-5-4-6-13-29)27(2)22-28-11-9-14-30(23-28)45(39,40)31-15-16-32-33(24-31)44-26-43-32/h4-6,9,11-16,23-24,27H,3,7-8,10,17-22,25-26H2,1-2H3. The second kappa shape index (κ2) is 15.0. The zero-order valence-corrected chi connectivity index (χ0v) is 28.1. The van der Waals surface area contributed by atoms with Crippen molar-refractivity contribution >= 4 is 25.8 Å². The molecule has 12 heteroatoms. The van der Waals surface area contributed by atoms with Gasteiger partial charge in [-0.25, -0.2) is 16.8 Å². The molecule has 46 heavy (non-hydrogen) atoms. The van der Waals surface area contributed by atoms with Crippen LogP contribution in [0.15, 0.2) is 87.5 Å². The normalized spacial score (nSPS) is 16.5. The highest BCUT2D eigenvalue weighted by Crippen LogP contribution is 2.35. The monoisotopic (exact) mass is 669 g/mol. The molecule has 248 valence electrons. The van der Waals surface area contributed by atoms with Crippen LogP contribution in [0.3, 0.4) is 0 Å². The Morgan fingerprint density at radius 1 is 0.826 bits per heavy atom. The molecule has 10 nitrogen and oxygen atoms in total. The number of unbranched alkanes of at least 4 members (excludes halogenated alkanes) is 1. The molecule has 1 atom stereocenters. The predicted molar refractivity (Wildman–Crippen MR) is 175 cm³/mol. The highest BCUT2D eigenvalue weighted by Gasteiger charge is 2.30. The lowest BCUT2D eigenvalue weighted by Gasteiger charge is -2.29. The molecule has 2 heterocycles. The van der Waals surface area contributed by atoms with Crippen LogP contribution in [0.5, 0.6) is 11.5 Å². The van der Waals surface area contributed by atoms with Gasteiger partial charge < -0.3 is 19.3 Å². The first-order valence-corrected chi connectivity index (χ1v) is 18.8. The van der Waals surface area contributed by atoms with E-state index < -0.39 is 19.9 Å². The molecule has 5 rings (SSSR count).